The monoisotopic (exact) mass is 235 g/mol. The Labute approximate surface area is 105 Å². The molecule has 17 heavy (non-hydrogen) atoms. The SMILES string of the molecule is CCCNC1CCCc2ccccc21.COC. The van der Waals surface area contributed by atoms with Gasteiger partial charge in [-0.25, -0.2) is 0 Å². The van der Waals surface area contributed by atoms with Crippen LogP contribution in [0.15, 0.2) is 24.3 Å². The molecule has 1 aliphatic carbocycles. The molecular formula is C15H25NO. The summed E-state index contributed by atoms with van der Waals surface area (Å²) in [4.78, 5) is 0. The van der Waals surface area contributed by atoms with Crippen LogP contribution in [0.5, 0.6) is 0 Å². The van der Waals surface area contributed by atoms with Gasteiger partial charge in [-0.15, -0.1) is 0 Å². The largest absolute Gasteiger partial charge is 0.388 e. The van der Waals surface area contributed by atoms with E-state index < -0.39 is 0 Å². The maximum Gasteiger partial charge on any atom is 0.0351 e. The van der Waals surface area contributed by atoms with E-state index in [1.165, 1.54) is 31.2 Å². The Morgan fingerprint density at radius 3 is 2.71 bits per heavy atom. The van der Waals surface area contributed by atoms with Gasteiger partial charge in [0, 0.05) is 20.3 Å². The third-order valence-corrected chi connectivity index (χ3v) is 3.01. The first-order valence-electron chi connectivity index (χ1n) is 6.54. The van der Waals surface area contributed by atoms with E-state index in [0.29, 0.717) is 6.04 Å². The van der Waals surface area contributed by atoms with Gasteiger partial charge >= 0.3 is 0 Å². The minimum Gasteiger partial charge on any atom is -0.388 e. The first kappa shape index (κ1) is 14.2. The number of benzene rings is 1. The second kappa shape index (κ2) is 8.26. The number of hydrogen-bond acceptors (Lipinski definition) is 2. The Morgan fingerprint density at radius 1 is 1.29 bits per heavy atom. The van der Waals surface area contributed by atoms with E-state index in [1.54, 1.807) is 19.8 Å². The number of fused-ring (bicyclic) bond motifs is 1. The molecule has 1 aromatic rings. The molecule has 0 amide bonds. The van der Waals surface area contributed by atoms with Crippen LogP contribution in [0.4, 0.5) is 0 Å². The highest BCUT2D eigenvalue weighted by atomic mass is 16.4. The van der Waals surface area contributed by atoms with Crippen molar-refractivity contribution in [1.82, 2.24) is 5.32 Å². The van der Waals surface area contributed by atoms with E-state index in [0.717, 1.165) is 6.54 Å². The summed E-state index contributed by atoms with van der Waals surface area (Å²) in [5.74, 6) is 0. The van der Waals surface area contributed by atoms with Crippen molar-refractivity contribution in [3.8, 4) is 0 Å². The van der Waals surface area contributed by atoms with Crippen molar-refractivity contribution in [1.29, 1.82) is 0 Å². The highest BCUT2D eigenvalue weighted by Gasteiger charge is 2.18. The summed E-state index contributed by atoms with van der Waals surface area (Å²) < 4.78 is 4.25. The first-order chi connectivity index (χ1) is 8.33. The Bertz CT molecular complexity index is 312. The van der Waals surface area contributed by atoms with Crippen LogP contribution in [0.1, 0.15) is 43.4 Å². The van der Waals surface area contributed by atoms with Crippen LogP contribution >= 0.6 is 0 Å². The molecule has 0 bridgehead atoms. The zero-order chi connectivity index (χ0) is 12.5. The summed E-state index contributed by atoms with van der Waals surface area (Å²) in [6, 6.07) is 9.47. The average Bonchev–Trinajstić information content (AvgIpc) is 2.37. The number of hydrogen-bond donors (Lipinski definition) is 1. The molecule has 1 aromatic carbocycles. The first-order valence-corrected chi connectivity index (χ1v) is 6.54. The zero-order valence-corrected chi connectivity index (χ0v) is 11.3. The van der Waals surface area contributed by atoms with Crippen molar-refractivity contribution in [3.63, 3.8) is 0 Å². The standard InChI is InChI=1S/C13H19N.C2H6O/c1-2-10-14-13-9-5-7-11-6-3-4-8-12(11)13;1-3-2/h3-4,6,8,13-14H,2,5,7,9-10H2,1H3;1-2H3. The molecule has 2 rings (SSSR count). The third-order valence-electron chi connectivity index (χ3n) is 3.01. The van der Waals surface area contributed by atoms with E-state index in [4.69, 9.17) is 0 Å². The minimum atomic E-state index is 0.611. The molecule has 0 aromatic heterocycles. The van der Waals surface area contributed by atoms with Gasteiger partial charge in [-0.3, -0.25) is 0 Å². The topological polar surface area (TPSA) is 21.3 Å². The van der Waals surface area contributed by atoms with Crippen LogP contribution in [0.2, 0.25) is 0 Å². The minimum absolute atomic E-state index is 0.611. The summed E-state index contributed by atoms with van der Waals surface area (Å²) in [5.41, 5.74) is 3.08. The summed E-state index contributed by atoms with van der Waals surface area (Å²) in [6.07, 6.45) is 5.12. The van der Waals surface area contributed by atoms with E-state index in [1.807, 2.05) is 0 Å². The fourth-order valence-electron chi connectivity index (χ4n) is 2.28. The van der Waals surface area contributed by atoms with Crippen LogP contribution in [0.3, 0.4) is 0 Å². The number of rotatable bonds is 3. The fraction of sp³-hybridized carbons (Fsp3) is 0.600. The lowest BCUT2D eigenvalue weighted by atomic mass is 9.88. The summed E-state index contributed by atoms with van der Waals surface area (Å²) in [6.45, 7) is 3.36. The Hall–Kier alpha value is -0.860. The van der Waals surface area contributed by atoms with Gasteiger partial charge in [-0.2, -0.15) is 0 Å². The van der Waals surface area contributed by atoms with Gasteiger partial charge in [0.2, 0.25) is 0 Å². The number of ether oxygens (including phenoxy) is 1. The maximum absolute atomic E-state index is 4.25. The van der Waals surface area contributed by atoms with Gasteiger partial charge in [-0.1, -0.05) is 31.2 Å². The molecule has 0 heterocycles. The fourth-order valence-corrected chi connectivity index (χ4v) is 2.28. The summed E-state index contributed by atoms with van der Waals surface area (Å²) in [7, 11) is 3.25. The lowest BCUT2D eigenvalue weighted by molar-refractivity contribution is 0.277. The smallest absolute Gasteiger partial charge is 0.0351 e. The summed E-state index contributed by atoms with van der Waals surface area (Å²) in [5, 5.41) is 3.63. The quantitative estimate of drug-likeness (QED) is 0.867. The molecule has 1 N–H and O–H groups in total. The number of methoxy groups -OCH3 is 1. The van der Waals surface area contributed by atoms with Crippen molar-refractivity contribution in [3.05, 3.63) is 35.4 Å². The van der Waals surface area contributed by atoms with Crippen LogP contribution in [-0.4, -0.2) is 20.8 Å². The predicted octanol–water partition coefficient (Wildman–Crippen LogP) is 3.33. The van der Waals surface area contributed by atoms with Gasteiger partial charge < -0.3 is 10.1 Å². The van der Waals surface area contributed by atoms with Crippen LogP contribution in [-0.2, 0) is 11.2 Å². The Kier molecular flexibility index (Phi) is 6.90. The van der Waals surface area contributed by atoms with Crippen LogP contribution < -0.4 is 5.32 Å². The zero-order valence-electron chi connectivity index (χ0n) is 11.3. The molecule has 0 saturated heterocycles. The van der Waals surface area contributed by atoms with Crippen molar-refractivity contribution in [2.24, 2.45) is 0 Å². The van der Waals surface area contributed by atoms with Crippen molar-refractivity contribution >= 4 is 0 Å². The highest BCUT2D eigenvalue weighted by molar-refractivity contribution is 5.32. The van der Waals surface area contributed by atoms with E-state index in [-0.39, 0.29) is 0 Å². The molecule has 0 spiro atoms. The lowest BCUT2D eigenvalue weighted by Crippen LogP contribution is -2.25. The van der Waals surface area contributed by atoms with Gasteiger partial charge in [0.15, 0.2) is 0 Å². The molecule has 96 valence electrons. The second-order valence-electron chi connectivity index (χ2n) is 4.51. The van der Waals surface area contributed by atoms with Crippen LogP contribution in [0.25, 0.3) is 0 Å². The van der Waals surface area contributed by atoms with Gasteiger partial charge in [0.05, 0.1) is 0 Å². The lowest BCUT2D eigenvalue weighted by Gasteiger charge is -2.26. The molecule has 1 atom stereocenters. The van der Waals surface area contributed by atoms with Crippen molar-refractivity contribution < 1.29 is 4.74 Å². The molecule has 0 aliphatic heterocycles. The summed E-state index contributed by atoms with van der Waals surface area (Å²) >= 11 is 0. The number of nitrogens with one attached hydrogen (secondary N) is 1. The van der Waals surface area contributed by atoms with Gasteiger partial charge in [0.25, 0.3) is 0 Å². The Morgan fingerprint density at radius 2 is 2.00 bits per heavy atom. The molecule has 1 aliphatic rings. The second-order valence-corrected chi connectivity index (χ2v) is 4.51. The maximum atomic E-state index is 4.25. The molecule has 1 unspecified atom stereocenters. The van der Waals surface area contributed by atoms with E-state index in [2.05, 4.69) is 41.2 Å². The highest BCUT2D eigenvalue weighted by Crippen LogP contribution is 2.29. The third kappa shape index (κ3) is 4.49. The Balaban J connectivity index is 0.000000437. The van der Waals surface area contributed by atoms with Gasteiger partial charge in [-0.05, 0) is 43.4 Å². The molecule has 2 nitrogen and oxygen atoms in total. The molecule has 0 radical (unpaired) electrons. The molecular weight excluding hydrogens is 210 g/mol. The molecule has 0 fully saturated rings. The van der Waals surface area contributed by atoms with Crippen molar-refractivity contribution in [2.45, 2.75) is 38.6 Å². The van der Waals surface area contributed by atoms with Crippen LogP contribution in [0, 0.1) is 0 Å². The molecule has 0 saturated carbocycles. The van der Waals surface area contributed by atoms with E-state index in [9.17, 15) is 0 Å². The normalized spacial score (nSPS) is 17.9. The van der Waals surface area contributed by atoms with Crippen molar-refractivity contribution in [2.75, 3.05) is 20.8 Å². The number of aryl methyl sites for hydroxylation is 1. The van der Waals surface area contributed by atoms with E-state index >= 15 is 0 Å². The predicted molar refractivity (Wildman–Crippen MR) is 73.3 cm³/mol. The molecule has 2 heteroatoms. The average molecular weight is 235 g/mol. The van der Waals surface area contributed by atoms with Gasteiger partial charge in [0.1, 0.15) is 0 Å².